The van der Waals surface area contributed by atoms with E-state index in [0.717, 1.165) is 32.7 Å². The molecule has 4 nitrogen and oxygen atoms in total. The van der Waals surface area contributed by atoms with Crippen molar-refractivity contribution in [2.24, 2.45) is 0 Å². The van der Waals surface area contributed by atoms with Crippen molar-refractivity contribution in [2.45, 2.75) is 25.2 Å². The second kappa shape index (κ2) is 7.02. The van der Waals surface area contributed by atoms with Gasteiger partial charge in [-0.05, 0) is 43.0 Å². The zero-order valence-corrected chi connectivity index (χ0v) is 15.4. The summed E-state index contributed by atoms with van der Waals surface area (Å²) in [5, 5.41) is 3.19. The van der Waals surface area contributed by atoms with Gasteiger partial charge in [0.15, 0.2) is 0 Å². The van der Waals surface area contributed by atoms with Gasteiger partial charge in [0.1, 0.15) is 0 Å². The van der Waals surface area contributed by atoms with Crippen LogP contribution in [0.3, 0.4) is 0 Å². The van der Waals surface area contributed by atoms with Crippen molar-refractivity contribution in [3.05, 3.63) is 65.7 Å². The van der Waals surface area contributed by atoms with Gasteiger partial charge < -0.3 is 15.1 Å². The van der Waals surface area contributed by atoms with Crippen LogP contribution in [0.2, 0.25) is 0 Å². The molecule has 2 aromatic carbocycles. The number of piperazine rings is 1. The van der Waals surface area contributed by atoms with E-state index in [1.54, 1.807) is 0 Å². The summed E-state index contributed by atoms with van der Waals surface area (Å²) < 4.78 is 0. The lowest BCUT2D eigenvalue weighted by molar-refractivity contribution is 0.193. The number of aryl methyl sites for hydroxylation is 1. The first-order valence-corrected chi connectivity index (χ1v) is 9.56. The van der Waals surface area contributed by atoms with E-state index in [0.29, 0.717) is 0 Å². The van der Waals surface area contributed by atoms with Gasteiger partial charge in [-0.3, -0.25) is 0 Å². The molecule has 0 bridgehead atoms. The smallest absolute Gasteiger partial charge is 0.317 e. The van der Waals surface area contributed by atoms with Gasteiger partial charge in [0.2, 0.25) is 0 Å². The Kier molecular flexibility index (Phi) is 4.58. The maximum absolute atomic E-state index is 12.6. The standard InChI is InChI=1S/C22H27N3O/c1-18-6-5-9-20(16-18)24-12-14-25(15-13-24)21(26)23-17-22(10-11-22)19-7-3-2-4-8-19/h2-9,16H,10-15,17H2,1H3,(H,23,26). The predicted molar refractivity (Wildman–Crippen MR) is 106 cm³/mol. The highest BCUT2D eigenvalue weighted by atomic mass is 16.2. The number of benzene rings is 2. The summed E-state index contributed by atoms with van der Waals surface area (Å²) in [6.07, 6.45) is 2.33. The number of carbonyl (C=O) groups excluding carboxylic acids is 1. The Morgan fingerprint density at radius 3 is 2.38 bits per heavy atom. The van der Waals surface area contributed by atoms with Gasteiger partial charge in [-0.1, -0.05) is 42.5 Å². The number of nitrogens with one attached hydrogen (secondary N) is 1. The Morgan fingerprint density at radius 1 is 1.00 bits per heavy atom. The second-order valence-electron chi connectivity index (χ2n) is 7.62. The van der Waals surface area contributed by atoms with Gasteiger partial charge in [0.25, 0.3) is 0 Å². The average molecular weight is 349 g/mol. The topological polar surface area (TPSA) is 35.6 Å². The molecule has 4 heteroatoms. The van der Waals surface area contributed by atoms with Crippen LogP contribution < -0.4 is 10.2 Å². The maximum Gasteiger partial charge on any atom is 0.317 e. The lowest BCUT2D eigenvalue weighted by atomic mass is 9.96. The van der Waals surface area contributed by atoms with E-state index in [2.05, 4.69) is 65.7 Å². The molecule has 0 atom stereocenters. The van der Waals surface area contributed by atoms with E-state index >= 15 is 0 Å². The van der Waals surface area contributed by atoms with Gasteiger partial charge in [0, 0.05) is 43.8 Å². The fraction of sp³-hybridized carbons (Fsp3) is 0.409. The number of hydrogen-bond donors (Lipinski definition) is 1. The van der Waals surface area contributed by atoms with E-state index in [-0.39, 0.29) is 11.4 Å². The fourth-order valence-electron chi connectivity index (χ4n) is 3.86. The Balaban J connectivity index is 1.29. The molecule has 1 N–H and O–H groups in total. The number of hydrogen-bond acceptors (Lipinski definition) is 2. The lowest BCUT2D eigenvalue weighted by Crippen LogP contribution is -2.52. The summed E-state index contributed by atoms with van der Waals surface area (Å²) in [6, 6.07) is 19.2. The minimum absolute atomic E-state index is 0.0797. The molecule has 0 aromatic heterocycles. The number of nitrogens with zero attached hydrogens (tertiary/aromatic N) is 2. The van der Waals surface area contributed by atoms with Crippen LogP contribution in [0.1, 0.15) is 24.0 Å². The first kappa shape index (κ1) is 17.0. The molecule has 2 aromatic rings. The summed E-state index contributed by atoms with van der Waals surface area (Å²) in [7, 11) is 0. The quantitative estimate of drug-likeness (QED) is 0.916. The van der Waals surface area contributed by atoms with Crippen molar-refractivity contribution in [2.75, 3.05) is 37.6 Å². The molecule has 0 unspecified atom stereocenters. The first-order valence-electron chi connectivity index (χ1n) is 9.56. The molecule has 1 saturated carbocycles. The number of urea groups is 1. The summed E-state index contributed by atoms with van der Waals surface area (Å²) in [5.74, 6) is 0. The third kappa shape index (κ3) is 3.55. The molecule has 1 heterocycles. The van der Waals surface area contributed by atoms with Crippen molar-refractivity contribution in [1.82, 2.24) is 10.2 Å². The third-order valence-corrected chi connectivity index (χ3v) is 5.75. The second-order valence-corrected chi connectivity index (χ2v) is 7.62. The monoisotopic (exact) mass is 349 g/mol. The molecule has 0 radical (unpaired) electrons. The van der Waals surface area contributed by atoms with Gasteiger partial charge >= 0.3 is 6.03 Å². The zero-order chi connectivity index (χ0) is 18.0. The van der Waals surface area contributed by atoms with Crippen LogP contribution in [0.4, 0.5) is 10.5 Å². The minimum Gasteiger partial charge on any atom is -0.368 e. The summed E-state index contributed by atoms with van der Waals surface area (Å²) >= 11 is 0. The van der Waals surface area contributed by atoms with Crippen LogP contribution in [0, 0.1) is 6.92 Å². The fourth-order valence-corrected chi connectivity index (χ4v) is 3.86. The molecule has 136 valence electrons. The van der Waals surface area contributed by atoms with E-state index in [1.807, 2.05) is 11.0 Å². The SMILES string of the molecule is Cc1cccc(N2CCN(C(=O)NCC3(c4ccccc4)CC3)CC2)c1. The van der Waals surface area contributed by atoms with Crippen LogP contribution in [0.5, 0.6) is 0 Å². The lowest BCUT2D eigenvalue weighted by Gasteiger charge is -2.36. The summed E-state index contributed by atoms with van der Waals surface area (Å²) in [5.41, 5.74) is 4.05. The molecule has 1 saturated heterocycles. The third-order valence-electron chi connectivity index (χ3n) is 5.75. The van der Waals surface area contributed by atoms with E-state index in [1.165, 1.54) is 29.7 Å². The molecule has 2 aliphatic rings. The number of anilines is 1. The molecule has 1 aliphatic heterocycles. The Bertz CT molecular complexity index is 762. The highest BCUT2D eigenvalue weighted by molar-refractivity contribution is 5.75. The molecule has 2 fully saturated rings. The van der Waals surface area contributed by atoms with Gasteiger partial charge in [-0.15, -0.1) is 0 Å². The van der Waals surface area contributed by atoms with Crippen LogP contribution in [-0.4, -0.2) is 43.7 Å². The van der Waals surface area contributed by atoms with Gasteiger partial charge in [-0.2, -0.15) is 0 Å². The molecule has 0 spiro atoms. The first-order chi connectivity index (χ1) is 12.7. The zero-order valence-electron chi connectivity index (χ0n) is 15.4. The van der Waals surface area contributed by atoms with E-state index < -0.39 is 0 Å². The van der Waals surface area contributed by atoms with Crippen LogP contribution in [-0.2, 0) is 5.41 Å². The van der Waals surface area contributed by atoms with Crippen LogP contribution in [0.15, 0.2) is 54.6 Å². The van der Waals surface area contributed by atoms with E-state index in [4.69, 9.17) is 0 Å². The van der Waals surface area contributed by atoms with Gasteiger partial charge in [0.05, 0.1) is 0 Å². The van der Waals surface area contributed by atoms with E-state index in [9.17, 15) is 4.79 Å². The Labute approximate surface area is 155 Å². The summed E-state index contributed by atoms with van der Waals surface area (Å²) in [4.78, 5) is 16.9. The van der Waals surface area contributed by atoms with Crippen LogP contribution in [0.25, 0.3) is 0 Å². The highest BCUT2D eigenvalue weighted by Crippen LogP contribution is 2.47. The average Bonchev–Trinajstić information content (AvgIpc) is 3.48. The molecule has 26 heavy (non-hydrogen) atoms. The van der Waals surface area contributed by atoms with Crippen molar-refractivity contribution in [3.8, 4) is 0 Å². The Hall–Kier alpha value is -2.49. The van der Waals surface area contributed by atoms with Crippen molar-refractivity contribution < 1.29 is 4.79 Å². The molecular weight excluding hydrogens is 322 g/mol. The van der Waals surface area contributed by atoms with Crippen molar-refractivity contribution in [3.63, 3.8) is 0 Å². The molecule has 2 amide bonds. The minimum atomic E-state index is 0.0797. The molecule has 4 rings (SSSR count). The van der Waals surface area contributed by atoms with Crippen molar-refractivity contribution in [1.29, 1.82) is 0 Å². The van der Waals surface area contributed by atoms with Gasteiger partial charge in [-0.25, -0.2) is 4.79 Å². The van der Waals surface area contributed by atoms with Crippen molar-refractivity contribution >= 4 is 11.7 Å². The normalized spacial score (nSPS) is 18.5. The molecule has 1 aliphatic carbocycles. The summed E-state index contributed by atoms with van der Waals surface area (Å²) in [6.45, 7) is 6.19. The predicted octanol–water partition coefficient (Wildman–Crippen LogP) is 3.56. The number of rotatable bonds is 4. The number of carbonyl (C=O) groups is 1. The molecular formula is C22H27N3O. The number of amides is 2. The largest absolute Gasteiger partial charge is 0.368 e. The Morgan fingerprint density at radius 2 is 1.73 bits per heavy atom. The highest BCUT2D eigenvalue weighted by Gasteiger charge is 2.44. The van der Waals surface area contributed by atoms with Crippen LogP contribution >= 0.6 is 0 Å². The maximum atomic E-state index is 12.6.